The van der Waals surface area contributed by atoms with Gasteiger partial charge in [0.2, 0.25) is 0 Å². The Bertz CT molecular complexity index is 531. The zero-order valence-electron chi connectivity index (χ0n) is 9.93. The molecule has 1 aromatic heterocycles. The van der Waals surface area contributed by atoms with E-state index in [1.54, 1.807) is 12.1 Å². The van der Waals surface area contributed by atoms with Crippen molar-refractivity contribution in [1.82, 2.24) is 4.57 Å². The molecule has 1 heterocycles. The SMILES string of the molecule is CCCCCn1ccc2c([N+](=O)[O-])cccc21. The van der Waals surface area contributed by atoms with E-state index >= 15 is 0 Å². The van der Waals surface area contributed by atoms with Crippen LogP contribution in [0.3, 0.4) is 0 Å². The first-order valence-electron chi connectivity index (χ1n) is 5.96. The molecule has 0 atom stereocenters. The van der Waals surface area contributed by atoms with E-state index in [9.17, 15) is 10.1 Å². The molecule has 0 aliphatic rings. The summed E-state index contributed by atoms with van der Waals surface area (Å²) in [5.74, 6) is 0. The number of hydrogen-bond acceptors (Lipinski definition) is 2. The minimum Gasteiger partial charge on any atom is -0.347 e. The van der Waals surface area contributed by atoms with Crippen molar-refractivity contribution in [3.05, 3.63) is 40.6 Å². The van der Waals surface area contributed by atoms with Crippen LogP contribution in [0.5, 0.6) is 0 Å². The monoisotopic (exact) mass is 232 g/mol. The maximum atomic E-state index is 10.9. The number of nitro groups is 1. The highest BCUT2D eigenvalue weighted by Gasteiger charge is 2.13. The van der Waals surface area contributed by atoms with E-state index in [0.29, 0.717) is 0 Å². The minimum atomic E-state index is -0.321. The Hall–Kier alpha value is -1.84. The number of nitrogens with zero attached hydrogens (tertiary/aromatic N) is 2. The third kappa shape index (κ3) is 2.30. The average Bonchev–Trinajstić information content (AvgIpc) is 2.72. The molecular formula is C13H16N2O2. The van der Waals surface area contributed by atoms with Gasteiger partial charge in [0, 0.05) is 18.8 Å². The van der Waals surface area contributed by atoms with Crippen LogP contribution in [-0.2, 0) is 6.54 Å². The van der Waals surface area contributed by atoms with Crippen LogP contribution in [0.15, 0.2) is 30.5 Å². The van der Waals surface area contributed by atoms with Gasteiger partial charge in [-0.3, -0.25) is 10.1 Å². The van der Waals surface area contributed by atoms with Crippen LogP contribution in [0.25, 0.3) is 10.9 Å². The lowest BCUT2D eigenvalue weighted by Gasteiger charge is -2.04. The van der Waals surface area contributed by atoms with Gasteiger partial charge in [-0.25, -0.2) is 0 Å². The predicted octanol–water partition coefficient (Wildman–Crippen LogP) is 3.74. The van der Waals surface area contributed by atoms with Crippen molar-refractivity contribution in [3.8, 4) is 0 Å². The molecule has 17 heavy (non-hydrogen) atoms. The zero-order valence-corrected chi connectivity index (χ0v) is 9.93. The molecule has 4 nitrogen and oxygen atoms in total. The van der Waals surface area contributed by atoms with E-state index in [1.807, 2.05) is 18.3 Å². The summed E-state index contributed by atoms with van der Waals surface area (Å²) >= 11 is 0. The number of benzene rings is 1. The average molecular weight is 232 g/mol. The predicted molar refractivity (Wildman–Crippen MR) is 68.1 cm³/mol. The molecular weight excluding hydrogens is 216 g/mol. The largest absolute Gasteiger partial charge is 0.347 e. The van der Waals surface area contributed by atoms with Gasteiger partial charge in [0.15, 0.2) is 0 Å². The van der Waals surface area contributed by atoms with E-state index in [2.05, 4.69) is 11.5 Å². The number of hydrogen-bond donors (Lipinski definition) is 0. The van der Waals surface area contributed by atoms with Crippen molar-refractivity contribution in [1.29, 1.82) is 0 Å². The van der Waals surface area contributed by atoms with Gasteiger partial charge in [0.1, 0.15) is 0 Å². The Morgan fingerprint density at radius 3 is 2.82 bits per heavy atom. The zero-order chi connectivity index (χ0) is 12.3. The topological polar surface area (TPSA) is 48.1 Å². The number of fused-ring (bicyclic) bond motifs is 1. The molecule has 0 N–H and O–H groups in total. The normalized spacial score (nSPS) is 10.9. The van der Waals surface area contributed by atoms with Gasteiger partial charge < -0.3 is 4.57 Å². The van der Waals surface area contributed by atoms with Crippen molar-refractivity contribution < 1.29 is 4.92 Å². The van der Waals surface area contributed by atoms with Crippen LogP contribution < -0.4 is 0 Å². The summed E-state index contributed by atoms with van der Waals surface area (Å²) in [4.78, 5) is 10.6. The van der Waals surface area contributed by atoms with Gasteiger partial charge in [0.25, 0.3) is 5.69 Å². The van der Waals surface area contributed by atoms with Gasteiger partial charge in [0.05, 0.1) is 15.8 Å². The van der Waals surface area contributed by atoms with Gasteiger partial charge in [-0.15, -0.1) is 0 Å². The van der Waals surface area contributed by atoms with Crippen molar-refractivity contribution in [3.63, 3.8) is 0 Å². The Morgan fingerprint density at radius 1 is 1.29 bits per heavy atom. The van der Waals surface area contributed by atoms with Crippen molar-refractivity contribution in [2.45, 2.75) is 32.7 Å². The Labute approximate surface area is 100 Å². The molecule has 2 aromatic rings. The number of aryl methyl sites for hydroxylation is 1. The van der Waals surface area contributed by atoms with Crippen LogP contribution in [0.2, 0.25) is 0 Å². The number of nitro benzene ring substituents is 1. The molecule has 0 saturated heterocycles. The van der Waals surface area contributed by atoms with Crippen LogP contribution >= 0.6 is 0 Å². The van der Waals surface area contributed by atoms with E-state index < -0.39 is 0 Å². The molecule has 0 aliphatic carbocycles. The lowest BCUT2D eigenvalue weighted by molar-refractivity contribution is -0.383. The molecule has 0 bridgehead atoms. The molecule has 0 radical (unpaired) electrons. The van der Waals surface area contributed by atoms with Crippen LogP contribution in [-0.4, -0.2) is 9.49 Å². The Kier molecular flexibility index (Phi) is 3.42. The molecule has 0 fully saturated rings. The second kappa shape index (κ2) is 4.99. The third-order valence-corrected chi connectivity index (χ3v) is 2.99. The summed E-state index contributed by atoms with van der Waals surface area (Å²) in [6.45, 7) is 3.09. The molecule has 1 aromatic carbocycles. The fraction of sp³-hybridized carbons (Fsp3) is 0.385. The van der Waals surface area contributed by atoms with Crippen LogP contribution in [0.4, 0.5) is 5.69 Å². The quantitative estimate of drug-likeness (QED) is 0.448. The highest BCUT2D eigenvalue weighted by Crippen LogP contribution is 2.26. The van der Waals surface area contributed by atoms with Gasteiger partial charge in [-0.2, -0.15) is 0 Å². The molecule has 90 valence electrons. The molecule has 2 rings (SSSR count). The maximum Gasteiger partial charge on any atom is 0.278 e. The van der Waals surface area contributed by atoms with E-state index in [1.165, 1.54) is 12.8 Å². The fourth-order valence-electron chi connectivity index (χ4n) is 2.09. The summed E-state index contributed by atoms with van der Waals surface area (Å²) in [5, 5.41) is 11.6. The number of unbranched alkanes of at least 4 members (excludes halogenated alkanes) is 2. The standard InChI is InChI=1S/C13H16N2O2/c1-2-3-4-9-14-10-8-11-12(14)6-5-7-13(11)15(16)17/h5-8,10H,2-4,9H2,1H3. The third-order valence-electron chi connectivity index (χ3n) is 2.99. The fourth-order valence-corrected chi connectivity index (χ4v) is 2.09. The van der Waals surface area contributed by atoms with Gasteiger partial charge in [-0.05, 0) is 18.6 Å². The summed E-state index contributed by atoms with van der Waals surface area (Å²) in [5.41, 5.74) is 1.15. The highest BCUT2D eigenvalue weighted by molar-refractivity contribution is 5.89. The summed E-state index contributed by atoms with van der Waals surface area (Å²) in [6, 6.07) is 7.07. The van der Waals surface area contributed by atoms with E-state index in [-0.39, 0.29) is 10.6 Å². The molecule has 0 unspecified atom stereocenters. The second-order valence-electron chi connectivity index (χ2n) is 4.18. The molecule has 0 saturated carbocycles. The van der Waals surface area contributed by atoms with Gasteiger partial charge in [-0.1, -0.05) is 25.8 Å². The van der Waals surface area contributed by atoms with E-state index in [4.69, 9.17) is 0 Å². The Morgan fingerprint density at radius 2 is 2.12 bits per heavy atom. The maximum absolute atomic E-state index is 10.9. The van der Waals surface area contributed by atoms with Crippen molar-refractivity contribution in [2.75, 3.05) is 0 Å². The first-order chi connectivity index (χ1) is 8.24. The van der Waals surface area contributed by atoms with Crippen molar-refractivity contribution in [2.24, 2.45) is 0 Å². The molecule has 0 amide bonds. The first-order valence-corrected chi connectivity index (χ1v) is 5.96. The van der Waals surface area contributed by atoms with Crippen LogP contribution in [0.1, 0.15) is 26.2 Å². The first kappa shape index (κ1) is 11.6. The van der Waals surface area contributed by atoms with Crippen LogP contribution in [0, 0.1) is 10.1 Å². The lowest BCUT2D eigenvalue weighted by Crippen LogP contribution is -1.96. The summed E-state index contributed by atoms with van der Waals surface area (Å²) in [7, 11) is 0. The highest BCUT2D eigenvalue weighted by atomic mass is 16.6. The van der Waals surface area contributed by atoms with Gasteiger partial charge >= 0.3 is 0 Å². The number of rotatable bonds is 5. The molecule has 0 aliphatic heterocycles. The molecule has 4 heteroatoms. The minimum absolute atomic E-state index is 0.191. The summed E-state index contributed by atoms with van der Waals surface area (Å²) < 4.78 is 2.10. The number of aromatic nitrogens is 1. The second-order valence-corrected chi connectivity index (χ2v) is 4.18. The lowest BCUT2D eigenvalue weighted by atomic mass is 10.2. The Balaban J connectivity index is 2.34. The van der Waals surface area contributed by atoms with E-state index in [0.717, 1.165) is 23.9 Å². The smallest absolute Gasteiger partial charge is 0.278 e. The number of non-ortho nitro benzene ring substituents is 1. The molecule has 0 spiro atoms. The van der Waals surface area contributed by atoms with Crippen molar-refractivity contribution >= 4 is 16.6 Å². The summed E-state index contributed by atoms with van der Waals surface area (Å²) in [6.07, 6.45) is 5.42.